The topological polar surface area (TPSA) is 41.2 Å². The van der Waals surface area contributed by atoms with Crippen molar-refractivity contribution in [3.05, 3.63) is 59.4 Å². The molecule has 1 heterocycles. The number of nitrogens with zero attached hydrogens (tertiary/aromatic N) is 1. The van der Waals surface area contributed by atoms with Crippen molar-refractivity contribution >= 4 is 5.78 Å². The highest BCUT2D eigenvalue weighted by Gasteiger charge is 2.15. The second kappa shape index (κ2) is 6.34. The van der Waals surface area contributed by atoms with Gasteiger partial charge in [0.2, 0.25) is 18.5 Å². The van der Waals surface area contributed by atoms with Gasteiger partial charge in [-0.25, -0.2) is 0 Å². The minimum atomic E-state index is 0. The molecule has 0 atom stereocenters. The first-order valence-electron chi connectivity index (χ1n) is 5.85. The molecule has 3 nitrogen and oxygen atoms in total. The average Bonchev–Trinajstić information content (AvgIpc) is 2.32. The summed E-state index contributed by atoms with van der Waals surface area (Å²) in [5, 5.41) is 9.36. The molecule has 2 rings (SSSR count). The highest BCUT2D eigenvalue weighted by molar-refractivity contribution is 5.96. The van der Waals surface area contributed by atoms with Gasteiger partial charge in [-0.05, 0) is 31.0 Å². The third kappa shape index (κ3) is 3.55. The Hall–Kier alpha value is -1.87. The predicted molar refractivity (Wildman–Crippen MR) is 68.5 cm³/mol. The number of aryl methyl sites for hydroxylation is 1. The van der Waals surface area contributed by atoms with Crippen LogP contribution in [0.3, 0.4) is 0 Å². The highest BCUT2D eigenvalue weighted by Crippen LogP contribution is 2.13. The molecule has 0 saturated carbocycles. The highest BCUT2D eigenvalue weighted by atomic mass is 35.5. The number of aromatic nitrogens is 1. The Morgan fingerprint density at radius 3 is 2.63 bits per heavy atom. The Bertz CT molecular complexity index is 596. The Morgan fingerprint density at radius 1 is 1.21 bits per heavy atom. The Kier molecular flexibility index (Phi) is 5.07. The third-order valence-electron chi connectivity index (χ3n) is 3.07. The van der Waals surface area contributed by atoms with E-state index in [9.17, 15) is 9.90 Å². The predicted octanol–water partition coefficient (Wildman–Crippen LogP) is -0.817. The monoisotopic (exact) mass is 277 g/mol. The van der Waals surface area contributed by atoms with Crippen molar-refractivity contribution < 1.29 is 26.9 Å². The van der Waals surface area contributed by atoms with Crippen molar-refractivity contribution in [3.8, 4) is 5.75 Å². The molecule has 0 amide bonds. The minimum absolute atomic E-state index is 0. The van der Waals surface area contributed by atoms with E-state index in [4.69, 9.17) is 0 Å². The van der Waals surface area contributed by atoms with Crippen LogP contribution < -0.4 is 17.0 Å². The van der Waals surface area contributed by atoms with E-state index in [0.29, 0.717) is 0 Å². The molecule has 0 saturated heterocycles. The van der Waals surface area contributed by atoms with Gasteiger partial charge in [-0.3, -0.25) is 4.79 Å². The lowest BCUT2D eigenvalue weighted by Crippen LogP contribution is -3.00. The van der Waals surface area contributed by atoms with Gasteiger partial charge in [0.15, 0.2) is 11.9 Å². The van der Waals surface area contributed by atoms with Crippen LogP contribution >= 0.6 is 0 Å². The number of aromatic hydroxyl groups is 1. The summed E-state index contributed by atoms with van der Waals surface area (Å²) in [6, 6.07) is 9.02. The van der Waals surface area contributed by atoms with E-state index in [-0.39, 0.29) is 30.5 Å². The number of ketones is 1. The summed E-state index contributed by atoms with van der Waals surface area (Å²) in [7, 11) is 0. The van der Waals surface area contributed by atoms with Crippen LogP contribution in [0.2, 0.25) is 0 Å². The van der Waals surface area contributed by atoms with Crippen LogP contribution in [0.15, 0.2) is 42.7 Å². The number of carbonyl (C=O) groups is 1. The molecule has 0 aliphatic heterocycles. The van der Waals surface area contributed by atoms with Crippen molar-refractivity contribution in [1.29, 1.82) is 0 Å². The average molecular weight is 278 g/mol. The van der Waals surface area contributed by atoms with E-state index in [1.54, 1.807) is 29.1 Å². The SMILES string of the molecule is Cc1cccc(C(=O)C[n+]2cccc(O)c2)c1C.[Cl-]. The first kappa shape index (κ1) is 15.2. The standard InChI is InChI=1S/C15H15NO2.ClH/c1-11-5-3-7-14(12(11)2)15(18)10-16-8-4-6-13(17)9-16;/h3-9H,10H2,1-2H3;1H. The number of hydrogen-bond acceptors (Lipinski definition) is 2. The van der Waals surface area contributed by atoms with Crippen LogP contribution in [0.5, 0.6) is 5.75 Å². The Labute approximate surface area is 118 Å². The Morgan fingerprint density at radius 2 is 1.95 bits per heavy atom. The van der Waals surface area contributed by atoms with E-state index in [1.807, 2.05) is 32.0 Å². The number of Topliss-reactive ketones (excluding diaryl/α,β-unsaturated/α-hetero) is 1. The molecule has 100 valence electrons. The van der Waals surface area contributed by atoms with Gasteiger partial charge in [0.05, 0.1) is 0 Å². The Balaban J connectivity index is 0.00000180. The number of halogens is 1. The smallest absolute Gasteiger partial charge is 0.227 e. The van der Waals surface area contributed by atoms with Crippen LogP contribution in [-0.2, 0) is 6.54 Å². The maximum Gasteiger partial charge on any atom is 0.227 e. The van der Waals surface area contributed by atoms with E-state index in [2.05, 4.69) is 0 Å². The fourth-order valence-electron chi connectivity index (χ4n) is 1.91. The maximum absolute atomic E-state index is 12.2. The second-order valence-electron chi connectivity index (χ2n) is 4.41. The van der Waals surface area contributed by atoms with Crippen molar-refractivity contribution in [2.75, 3.05) is 0 Å². The molecule has 1 aromatic carbocycles. The summed E-state index contributed by atoms with van der Waals surface area (Å²) in [5.74, 6) is 0.207. The van der Waals surface area contributed by atoms with Gasteiger partial charge < -0.3 is 17.5 Å². The number of rotatable bonds is 3. The maximum atomic E-state index is 12.2. The largest absolute Gasteiger partial charge is 1.00 e. The van der Waals surface area contributed by atoms with E-state index < -0.39 is 0 Å². The van der Waals surface area contributed by atoms with Crippen LogP contribution in [0, 0.1) is 13.8 Å². The third-order valence-corrected chi connectivity index (χ3v) is 3.07. The van der Waals surface area contributed by atoms with Crippen molar-refractivity contribution in [3.63, 3.8) is 0 Å². The molecule has 0 fully saturated rings. The van der Waals surface area contributed by atoms with Crippen molar-refractivity contribution in [2.45, 2.75) is 20.4 Å². The molecular formula is C15H16ClNO2. The van der Waals surface area contributed by atoms with Crippen LogP contribution in [0.1, 0.15) is 21.5 Å². The summed E-state index contributed by atoms with van der Waals surface area (Å²) in [4.78, 5) is 12.2. The van der Waals surface area contributed by atoms with Gasteiger partial charge in [-0.1, -0.05) is 18.2 Å². The molecule has 0 spiro atoms. The zero-order valence-electron chi connectivity index (χ0n) is 10.9. The molecule has 1 N–H and O–H groups in total. The number of pyridine rings is 1. The van der Waals surface area contributed by atoms with Gasteiger partial charge in [0, 0.05) is 11.6 Å². The first-order chi connectivity index (χ1) is 8.58. The lowest BCUT2D eigenvalue weighted by atomic mass is 10.0. The normalized spacial score (nSPS) is 9.79. The van der Waals surface area contributed by atoms with E-state index in [1.165, 1.54) is 0 Å². The molecule has 0 aliphatic rings. The van der Waals surface area contributed by atoms with Crippen LogP contribution in [0.25, 0.3) is 0 Å². The lowest BCUT2D eigenvalue weighted by molar-refractivity contribution is -0.683. The molecule has 2 aromatic rings. The molecule has 0 aliphatic carbocycles. The van der Waals surface area contributed by atoms with Crippen molar-refractivity contribution in [2.24, 2.45) is 0 Å². The van der Waals surface area contributed by atoms with E-state index in [0.717, 1.165) is 16.7 Å². The zero-order chi connectivity index (χ0) is 13.1. The summed E-state index contributed by atoms with van der Waals surface area (Å²) in [6.45, 7) is 4.18. The summed E-state index contributed by atoms with van der Waals surface area (Å²) >= 11 is 0. The zero-order valence-corrected chi connectivity index (χ0v) is 11.7. The number of benzene rings is 1. The quantitative estimate of drug-likeness (QED) is 0.589. The molecule has 19 heavy (non-hydrogen) atoms. The lowest BCUT2D eigenvalue weighted by Gasteiger charge is -2.05. The fraction of sp³-hybridized carbons (Fsp3) is 0.200. The first-order valence-corrected chi connectivity index (χ1v) is 5.85. The summed E-state index contributed by atoms with van der Waals surface area (Å²) in [5.41, 5.74) is 2.87. The number of carbonyl (C=O) groups excluding carboxylic acids is 1. The molecular weight excluding hydrogens is 262 g/mol. The molecule has 0 bridgehead atoms. The van der Waals surface area contributed by atoms with Gasteiger partial charge in [-0.2, -0.15) is 4.57 Å². The number of hydrogen-bond donors (Lipinski definition) is 1. The second-order valence-corrected chi connectivity index (χ2v) is 4.41. The fourth-order valence-corrected chi connectivity index (χ4v) is 1.91. The van der Waals surface area contributed by atoms with Crippen LogP contribution in [-0.4, -0.2) is 10.9 Å². The van der Waals surface area contributed by atoms with E-state index >= 15 is 0 Å². The summed E-state index contributed by atoms with van der Waals surface area (Å²) in [6.07, 6.45) is 3.31. The van der Waals surface area contributed by atoms with Crippen molar-refractivity contribution in [1.82, 2.24) is 0 Å². The van der Waals surface area contributed by atoms with Crippen LogP contribution in [0.4, 0.5) is 0 Å². The van der Waals surface area contributed by atoms with Gasteiger partial charge >= 0.3 is 0 Å². The van der Waals surface area contributed by atoms with Gasteiger partial charge in [0.25, 0.3) is 0 Å². The molecule has 1 aromatic heterocycles. The minimum Gasteiger partial charge on any atom is -1.00 e. The van der Waals surface area contributed by atoms with Gasteiger partial charge in [0.1, 0.15) is 0 Å². The molecule has 0 radical (unpaired) electrons. The van der Waals surface area contributed by atoms with Gasteiger partial charge in [-0.15, -0.1) is 0 Å². The molecule has 4 heteroatoms. The molecule has 0 unspecified atom stereocenters. The summed E-state index contributed by atoms with van der Waals surface area (Å²) < 4.78 is 1.68.